The van der Waals surface area contributed by atoms with E-state index in [0.29, 0.717) is 17.9 Å². The van der Waals surface area contributed by atoms with Gasteiger partial charge in [-0.1, -0.05) is 6.92 Å². The lowest BCUT2D eigenvalue weighted by Crippen LogP contribution is -2.02. The Bertz CT molecular complexity index is 617. The first-order chi connectivity index (χ1) is 10.2. The number of aromatic hydroxyl groups is 1. The predicted octanol–water partition coefficient (Wildman–Crippen LogP) is 3.42. The molecule has 4 heteroatoms. The molecular formula is C17H18O4. The van der Waals surface area contributed by atoms with E-state index in [0.717, 1.165) is 12.2 Å². The van der Waals surface area contributed by atoms with Crippen molar-refractivity contribution in [3.05, 3.63) is 53.6 Å². The van der Waals surface area contributed by atoms with Gasteiger partial charge in [0.25, 0.3) is 0 Å². The van der Waals surface area contributed by atoms with Crippen molar-refractivity contribution < 1.29 is 19.4 Å². The molecule has 110 valence electrons. The number of rotatable bonds is 6. The monoisotopic (exact) mass is 286 g/mol. The van der Waals surface area contributed by atoms with Gasteiger partial charge in [0.15, 0.2) is 5.78 Å². The van der Waals surface area contributed by atoms with Crippen LogP contribution < -0.4 is 9.47 Å². The summed E-state index contributed by atoms with van der Waals surface area (Å²) < 4.78 is 10.5. The number of phenols is 1. The van der Waals surface area contributed by atoms with Crippen LogP contribution in [0.5, 0.6) is 17.2 Å². The summed E-state index contributed by atoms with van der Waals surface area (Å²) >= 11 is 0. The van der Waals surface area contributed by atoms with Gasteiger partial charge in [-0.05, 0) is 42.8 Å². The number of ether oxygens (including phenoxy) is 2. The number of phenolic OH excluding ortho intramolecular Hbond substituents is 1. The van der Waals surface area contributed by atoms with Crippen molar-refractivity contribution in [2.75, 3.05) is 13.7 Å². The van der Waals surface area contributed by atoms with E-state index in [4.69, 9.17) is 9.47 Å². The molecule has 0 saturated carbocycles. The fourth-order valence-corrected chi connectivity index (χ4v) is 1.91. The molecule has 0 aromatic heterocycles. The normalized spacial score (nSPS) is 10.2. The average molecular weight is 286 g/mol. The second kappa shape index (κ2) is 6.79. The van der Waals surface area contributed by atoms with Gasteiger partial charge in [0.2, 0.25) is 0 Å². The molecule has 21 heavy (non-hydrogen) atoms. The van der Waals surface area contributed by atoms with Crippen LogP contribution in [0.4, 0.5) is 0 Å². The molecule has 0 amide bonds. The van der Waals surface area contributed by atoms with E-state index >= 15 is 0 Å². The summed E-state index contributed by atoms with van der Waals surface area (Å²) in [6.45, 7) is 2.68. The fourth-order valence-electron chi connectivity index (χ4n) is 1.91. The Morgan fingerprint density at radius 3 is 2.33 bits per heavy atom. The number of carbonyl (C=O) groups excluding carboxylic acids is 1. The minimum absolute atomic E-state index is 0.0920. The highest BCUT2D eigenvalue weighted by molar-refractivity contribution is 6.10. The van der Waals surface area contributed by atoms with Gasteiger partial charge in [0, 0.05) is 11.6 Å². The molecule has 0 atom stereocenters. The Labute approximate surface area is 123 Å². The van der Waals surface area contributed by atoms with Gasteiger partial charge >= 0.3 is 0 Å². The van der Waals surface area contributed by atoms with Crippen LogP contribution in [0.2, 0.25) is 0 Å². The number of hydrogen-bond acceptors (Lipinski definition) is 4. The van der Waals surface area contributed by atoms with Gasteiger partial charge < -0.3 is 14.6 Å². The summed E-state index contributed by atoms with van der Waals surface area (Å²) in [7, 11) is 1.51. The summed E-state index contributed by atoms with van der Waals surface area (Å²) in [4.78, 5) is 12.4. The first-order valence-electron chi connectivity index (χ1n) is 6.80. The van der Waals surface area contributed by atoms with Crippen LogP contribution in [0.15, 0.2) is 42.5 Å². The first kappa shape index (κ1) is 14.9. The molecular weight excluding hydrogens is 268 g/mol. The third-order valence-corrected chi connectivity index (χ3v) is 3.04. The molecule has 2 rings (SSSR count). The van der Waals surface area contributed by atoms with Crippen LogP contribution in [0.25, 0.3) is 0 Å². The standard InChI is InChI=1S/C17H18O4/c1-3-10-21-13-6-4-12(5-7-13)17(19)15-9-8-14(20-2)11-16(15)18/h4-9,11,18H,3,10H2,1-2H3. The summed E-state index contributed by atoms with van der Waals surface area (Å²) in [5, 5.41) is 9.90. The summed E-state index contributed by atoms with van der Waals surface area (Å²) in [5.41, 5.74) is 0.748. The van der Waals surface area contributed by atoms with Crippen molar-refractivity contribution in [3.8, 4) is 17.2 Å². The number of methoxy groups -OCH3 is 1. The van der Waals surface area contributed by atoms with E-state index in [9.17, 15) is 9.90 Å². The van der Waals surface area contributed by atoms with Crippen molar-refractivity contribution >= 4 is 5.78 Å². The van der Waals surface area contributed by atoms with E-state index in [1.807, 2.05) is 6.92 Å². The highest BCUT2D eigenvalue weighted by Crippen LogP contribution is 2.26. The Balaban J connectivity index is 2.19. The third-order valence-electron chi connectivity index (χ3n) is 3.04. The number of ketones is 1. The van der Waals surface area contributed by atoms with Crippen LogP contribution in [0.3, 0.4) is 0 Å². The molecule has 0 aliphatic rings. The van der Waals surface area contributed by atoms with Crippen molar-refractivity contribution in [3.63, 3.8) is 0 Å². The SMILES string of the molecule is CCCOc1ccc(C(=O)c2ccc(OC)cc2O)cc1. The van der Waals surface area contributed by atoms with Crippen LogP contribution >= 0.6 is 0 Å². The van der Waals surface area contributed by atoms with Crippen LogP contribution in [0.1, 0.15) is 29.3 Å². The maximum atomic E-state index is 12.4. The molecule has 0 bridgehead atoms. The van der Waals surface area contributed by atoms with E-state index in [2.05, 4.69) is 0 Å². The van der Waals surface area contributed by atoms with Crippen LogP contribution in [-0.4, -0.2) is 24.6 Å². The number of carbonyl (C=O) groups is 1. The van der Waals surface area contributed by atoms with Gasteiger partial charge in [-0.15, -0.1) is 0 Å². The molecule has 0 aliphatic heterocycles. The van der Waals surface area contributed by atoms with E-state index in [-0.39, 0.29) is 17.1 Å². The Morgan fingerprint density at radius 2 is 1.76 bits per heavy atom. The maximum Gasteiger partial charge on any atom is 0.196 e. The summed E-state index contributed by atoms with van der Waals surface area (Å²) in [6, 6.07) is 11.5. The van der Waals surface area contributed by atoms with E-state index in [1.54, 1.807) is 36.4 Å². The lowest BCUT2D eigenvalue weighted by Gasteiger charge is -2.08. The minimum atomic E-state index is -0.239. The zero-order chi connectivity index (χ0) is 15.2. The van der Waals surface area contributed by atoms with Crippen molar-refractivity contribution in [1.82, 2.24) is 0 Å². The predicted molar refractivity (Wildman–Crippen MR) is 80.3 cm³/mol. The maximum absolute atomic E-state index is 12.4. The molecule has 0 fully saturated rings. The topological polar surface area (TPSA) is 55.8 Å². The second-order valence-electron chi connectivity index (χ2n) is 4.59. The molecule has 0 aliphatic carbocycles. The van der Waals surface area contributed by atoms with Crippen molar-refractivity contribution in [1.29, 1.82) is 0 Å². The zero-order valence-electron chi connectivity index (χ0n) is 12.1. The van der Waals surface area contributed by atoms with E-state index in [1.165, 1.54) is 13.2 Å². The second-order valence-corrected chi connectivity index (χ2v) is 4.59. The molecule has 4 nitrogen and oxygen atoms in total. The van der Waals surface area contributed by atoms with Crippen LogP contribution in [-0.2, 0) is 0 Å². The van der Waals surface area contributed by atoms with Crippen molar-refractivity contribution in [2.24, 2.45) is 0 Å². The Hall–Kier alpha value is -2.49. The summed E-state index contributed by atoms with van der Waals surface area (Å²) in [5.74, 6) is 0.905. The van der Waals surface area contributed by atoms with Crippen LogP contribution in [0, 0.1) is 0 Å². The Morgan fingerprint density at radius 1 is 1.10 bits per heavy atom. The lowest BCUT2D eigenvalue weighted by atomic mass is 10.0. The van der Waals surface area contributed by atoms with Crippen molar-refractivity contribution in [2.45, 2.75) is 13.3 Å². The highest BCUT2D eigenvalue weighted by atomic mass is 16.5. The molecule has 0 unspecified atom stereocenters. The molecule has 0 radical (unpaired) electrons. The highest BCUT2D eigenvalue weighted by Gasteiger charge is 2.14. The Kier molecular flexibility index (Phi) is 4.82. The van der Waals surface area contributed by atoms with E-state index < -0.39 is 0 Å². The largest absolute Gasteiger partial charge is 0.507 e. The summed E-state index contributed by atoms with van der Waals surface area (Å²) in [6.07, 6.45) is 0.931. The number of benzene rings is 2. The molecule has 0 heterocycles. The smallest absolute Gasteiger partial charge is 0.196 e. The first-order valence-corrected chi connectivity index (χ1v) is 6.80. The number of hydrogen-bond donors (Lipinski definition) is 1. The quantitative estimate of drug-likeness (QED) is 0.827. The fraction of sp³-hybridized carbons (Fsp3) is 0.235. The average Bonchev–Trinajstić information content (AvgIpc) is 2.52. The molecule has 1 N–H and O–H groups in total. The minimum Gasteiger partial charge on any atom is -0.507 e. The zero-order valence-corrected chi connectivity index (χ0v) is 12.1. The molecule has 2 aromatic carbocycles. The van der Waals surface area contributed by atoms with Gasteiger partial charge in [-0.25, -0.2) is 0 Å². The molecule has 0 saturated heterocycles. The molecule has 2 aromatic rings. The van der Waals surface area contributed by atoms with Gasteiger partial charge in [0.1, 0.15) is 17.2 Å². The molecule has 0 spiro atoms. The van der Waals surface area contributed by atoms with Gasteiger partial charge in [0.05, 0.1) is 19.3 Å². The van der Waals surface area contributed by atoms with Gasteiger partial charge in [-0.2, -0.15) is 0 Å². The third kappa shape index (κ3) is 3.54. The lowest BCUT2D eigenvalue weighted by molar-refractivity contribution is 0.103. The van der Waals surface area contributed by atoms with Gasteiger partial charge in [-0.3, -0.25) is 4.79 Å².